The summed E-state index contributed by atoms with van der Waals surface area (Å²) < 4.78 is 6.33. The lowest BCUT2D eigenvalue weighted by atomic mass is 9.81. The van der Waals surface area contributed by atoms with E-state index in [-0.39, 0.29) is 11.5 Å². The van der Waals surface area contributed by atoms with E-state index in [0.29, 0.717) is 13.0 Å². The fourth-order valence-corrected chi connectivity index (χ4v) is 4.38. The van der Waals surface area contributed by atoms with Crippen LogP contribution in [0.2, 0.25) is 0 Å². The van der Waals surface area contributed by atoms with Gasteiger partial charge in [-0.05, 0) is 36.6 Å². The summed E-state index contributed by atoms with van der Waals surface area (Å²) in [6.45, 7) is 3.65. The molecule has 3 N–H and O–H groups in total. The van der Waals surface area contributed by atoms with E-state index in [1.165, 1.54) is 6.92 Å². The molecule has 0 radical (unpaired) electrons. The van der Waals surface area contributed by atoms with Crippen molar-refractivity contribution in [3.8, 4) is 5.75 Å². The largest absolute Gasteiger partial charge is 0.487 e. The van der Waals surface area contributed by atoms with Crippen molar-refractivity contribution in [1.82, 2.24) is 4.90 Å². The van der Waals surface area contributed by atoms with Crippen molar-refractivity contribution < 1.29 is 19.7 Å². The van der Waals surface area contributed by atoms with Crippen LogP contribution in [0.1, 0.15) is 49.5 Å². The highest BCUT2D eigenvalue weighted by molar-refractivity contribution is 5.88. The van der Waals surface area contributed by atoms with E-state index < -0.39 is 12.2 Å². The summed E-state index contributed by atoms with van der Waals surface area (Å²) in [6.07, 6.45) is 1.19. The Kier molecular flexibility index (Phi) is 5.58. The van der Waals surface area contributed by atoms with Crippen LogP contribution in [0.3, 0.4) is 0 Å². The summed E-state index contributed by atoms with van der Waals surface area (Å²) in [6, 6.07) is 15.0. The van der Waals surface area contributed by atoms with Gasteiger partial charge < -0.3 is 25.2 Å². The second-order valence-electron chi connectivity index (χ2n) is 8.16. The smallest absolute Gasteiger partial charge is 0.221 e. The molecule has 1 fully saturated rings. The van der Waals surface area contributed by atoms with Gasteiger partial charge in [0.15, 0.2) is 0 Å². The summed E-state index contributed by atoms with van der Waals surface area (Å²) in [5, 5.41) is 23.9. The number of carbonyl (C=O) groups is 1. The molecule has 154 valence electrons. The van der Waals surface area contributed by atoms with Crippen LogP contribution in [0.4, 0.5) is 5.69 Å². The van der Waals surface area contributed by atoms with Gasteiger partial charge in [0, 0.05) is 44.2 Å². The van der Waals surface area contributed by atoms with Crippen LogP contribution in [0.5, 0.6) is 5.75 Å². The number of likely N-dealkylation sites (tertiary alicyclic amines) is 1. The molecule has 1 spiro atoms. The summed E-state index contributed by atoms with van der Waals surface area (Å²) in [5.74, 6) is 0.678. The minimum Gasteiger partial charge on any atom is -0.487 e. The van der Waals surface area contributed by atoms with Crippen molar-refractivity contribution in [2.24, 2.45) is 0 Å². The molecule has 0 bridgehead atoms. The van der Waals surface area contributed by atoms with Crippen molar-refractivity contribution in [2.45, 2.75) is 44.0 Å². The number of piperidine rings is 1. The summed E-state index contributed by atoms with van der Waals surface area (Å²) in [5.41, 5.74) is 2.10. The second kappa shape index (κ2) is 8.14. The molecule has 29 heavy (non-hydrogen) atoms. The maximum Gasteiger partial charge on any atom is 0.221 e. The van der Waals surface area contributed by atoms with Crippen LogP contribution in [0.15, 0.2) is 48.5 Å². The molecule has 0 saturated carbocycles. The van der Waals surface area contributed by atoms with E-state index in [4.69, 9.17) is 4.74 Å². The van der Waals surface area contributed by atoms with Gasteiger partial charge in [0.05, 0.1) is 12.2 Å². The monoisotopic (exact) mass is 396 g/mol. The van der Waals surface area contributed by atoms with Crippen molar-refractivity contribution in [3.63, 3.8) is 0 Å². The van der Waals surface area contributed by atoms with Gasteiger partial charge in [0.1, 0.15) is 11.4 Å². The summed E-state index contributed by atoms with van der Waals surface area (Å²) >= 11 is 0. The average Bonchev–Trinajstić information content (AvgIpc) is 2.70. The van der Waals surface area contributed by atoms with Crippen LogP contribution in [-0.4, -0.2) is 46.3 Å². The molecule has 6 nitrogen and oxygen atoms in total. The van der Waals surface area contributed by atoms with Crippen LogP contribution in [0.25, 0.3) is 0 Å². The van der Waals surface area contributed by atoms with Crippen molar-refractivity contribution in [2.75, 3.05) is 25.0 Å². The molecule has 2 aliphatic heterocycles. The normalized spacial score (nSPS) is 21.8. The van der Waals surface area contributed by atoms with Gasteiger partial charge in [-0.15, -0.1) is 0 Å². The van der Waals surface area contributed by atoms with Gasteiger partial charge in [0.2, 0.25) is 5.91 Å². The number of nitrogens with one attached hydrogen (secondary N) is 1. The SMILES string of the molecule is CC(=O)Nc1ccc(C(O)CN2CCC3(CC2)CC(O)c2ccccc2O3)cc1. The molecule has 2 heterocycles. The topological polar surface area (TPSA) is 82.0 Å². The molecule has 4 rings (SSSR count). The van der Waals surface area contributed by atoms with Crippen LogP contribution in [0, 0.1) is 0 Å². The van der Waals surface area contributed by atoms with E-state index in [1.807, 2.05) is 36.4 Å². The van der Waals surface area contributed by atoms with Gasteiger partial charge in [-0.3, -0.25) is 4.79 Å². The quantitative estimate of drug-likeness (QED) is 0.740. The highest BCUT2D eigenvalue weighted by Crippen LogP contribution is 2.44. The first kappa shape index (κ1) is 19.9. The number of nitrogens with zero attached hydrogens (tertiary/aromatic N) is 1. The predicted octanol–water partition coefficient (Wildman–Crippen LogP) is 3.03. The van der Waals surface area contributed by atoms with Crippen molar-refractivity contribution in [3.05, 3.63) is 59.7 Å². The number of fused-ring (bicyclic) bond motifs is 1. The molecular formula is C23H28N2O4. The highest BCUT2D eigenvalue weighted by Gasteiger charge is 2.42. The molecule has 0 aromatic heterocycles. The first-order chi connectivity index (χ1) is 13.9. The Balaban J connectivity index is 1.34. The van der Waals surface area contributed by atoms with Gasteiger partial charge in [-0.25, -0.2) is 0 Å². The molecule has 6 heteroatoms. The lowest BCUT2D eigenvalue weighted by molar-refractivity contribution is -0.114. The van der Waals surface area contributed by atoms with Crippen molar-refractivity contribution >= 4 is 11.6 Å². The van der Waals surface area contributed by atoms with Crippen molar-refractivity contribution in [1.29, 1.82) is 0 Å². The predicted molar refractivity (Wildman–Crippen MR) is 111 cm³/mol. The molecular weight excluding hydrogens is 368 g/mol. The molecule has 2 atom stereocenters. The van der Waals surface area contributed by atoms with E-state index in [1.54, 1.807) is 12.1 Å². The maximum atomic E-state index is 11.1. The third kappa shape index (κ3) is 4.45. The van der Waals surface area contributed by atoms with Gasteiger partial charge in [-0.1, -0.05) is 30.3 Å². The molecule has 1 saturated heterocycles. The zero-order chi connectivity index (χ0) is 20.4. The number of para-hydroxylation sites is 1. The Morgan fingerprint density at radius 3 is 2.59 bits per heavy atom. The van der Waals surface area contributed by atoms with E-state index >= 15 is 0 Å². The third-order valence-electron chi connectivity index (χ3n) is 5.98. The number of ether oxygens (including phenoxy) is 1. The number of hydrogen-bond acceptors (Lipinski definition) is 5. The number of aliphatic hydroxyl groups is 2. The Morgan fingerprint density at radius 2 is 1.90 bits per heavy atom. The Bertz CT molecular complexity index is 859. The van der Waals surface area contributed by atoms with Gasteiger partial charge in [0.25, 0.3) is 0 Å². The minimum absolute atomic E-state index is 0.113. The Hall–Kier alpha value is -2.41. The highest BCUT2D eigenvalue weighted by atomic mass is 16.5. The zero-order valence-corrected chi connectivity index (χ0v) is 16.7. The summed E-state index contributed by atoms with van der Waals surface area (Å²) in [4.78, 5) is 13.4. The van der Waals surface area contributed by atoms with E-state index in [9.17, 15) is 15.0 Å². The minimum atomic E-state index is -0.589. The van der Waals surface area contributed by atoms with E-state index in [0.717, 1.165) is 48.5 Å². The number of amides is 1. The Labute approximate surface area is 171 Å². The van der Waals surface area contributed by atoms with Crippen LogP contribution in [-0.2, 0) is 4.79 Å². The van der Waals surface area contributed by atoms with Crippen LogP contribution >= 0.6 is 0 Å². The molecule has 2 aliphatic rings. The number of anilines is 1. The van der Waals surface area contributed by atoms with Gasteiger partial charge >= 0.3 is 0 Å². The summed E-state index contributed by atoms with van der Waals surface area (Å²) in [7, 11) is 0. The maximum absolute atomic E-state index is 11.1. The average molecular weight is 396 g/mol. The lowest BCUT2D eigenvalue weighted by Gasteiger charge is -2.46. The first-order valence-corrected chi connectivity index (χ1v) is 10.2. The Morgan fingerprint density at radius 1 is 1.21 bits per heavy atom. The lowest BCUT2D eigenvalue weighted by Crippen LogP contribution is -2.51. The van der Waals surface area contributed by atoms with Gasteiger partial charge in [-0.2, -0.15) is 0 Å². The molecule has 1 amide bonds. The fourth-order valence-electron chi connectivity index (χ4n) is 4.38. The fraction of sp³-hybridized carbons (Fsp3) is 0.435. The molecule has 2 aromatic carbocycles. The standard InChI is InChI=1S/C23H28N2O4/c1-16(26)24-18-8-6-17(7-9-18)21(28)15-25-12-10-23(11-13-25)14-20(27)19-4-2-3-5-22(19)29-23/h2-9,20-21,27-28H,10-15H2,1H3,(H,24,26). The zero-order valence-electron chi connectivity index (χ0n) is 16.7. The van der Waals surface area contributed by atoms with Crippen LogP contribution < -0.4 is 10.1 Å². The number of carbonyl (C=O) groups excluding carboxylic acids is 1. The molecule has 0 aliphatic carbocycles. The second-order valence-corrected chi connectivity index (χ2v) is 8.16. The number of β-amino-alcohol motifs (C(OH)–C–C–N with tert-alkyl or cyclic N) is 1. The molecule has 2 aromatic rings. The third-order valence-corrected chi connectivity index (χ3v) is 5.98. The number of benzene rings is 2. The first-order valence-electron chi connectivity index (χ1n) is 10.2. The molecule has 2 unspecified atom stereocenters. The van der Waals surface area contributed by atoms with E-state index in [2.05, 4.69) is 10.2 Å². The number of aliphatic hydroxyl groups excluding tert-OH is 2. The number of hydrogen-bond donors (Lipinski definition) is 3. The number of rotatable bonds is 4.